The fraction of sp³-hybridized carbons (Fsp3) is 0.360. The molecular formula is C25H28N2O2. The van der Waals surface area contributed by atoms with Crippen LogP contribution in [0.5, 0.6) is 0 Å². The standard InChI is InChI=1S/C25H28N2O2/c1-25(2,3)20-11-8-18(9-12-20)10-13-23(28)27-16-14-19(15-17-27)24-26-21-6-4-5-7-22(21)29-24/h4-13,19H,14-17H2,1-3H3/b13-10+. The maximum Gasteiger partial charge on any atom is 0.246 e. The summed E-state index contributed by atoms with van der Waals surface area (Å²) in [6.07, 6.45) is 5.35. The Balaban J connectivity index is 1.34. The van der Waals surface area contributed by atoms with E-state index in [4.69, 9.17) is 4.42 Å². The summed E-state index contributed by atoms with van der Waals surface area (Å²) in [6.45, 7) is 8.06. The molecule has 0 aliphatic carbocycles. The van der Waals surface area contributed by atoms with E-state index in [0.717, 1.165) is 48.5 Å². The van der Waals surface area contributed by atoms with Gasteiger partial charge in [0.05, 0.1) is 0 Å². The Hall–Kier alpha value is -2.88. The summed E-state index contributed by atoms with van der Waals surface area (Å²) in [5.74, 6) is 1.15. The quantitative estimate of drug-likeness (QED) is 0.553. The first-order valence-electron chi connectivity index (χ1n) is 10.3. The highest BCUT2D eigenvalue weighted by molar-refractivity contribution is 5.91. The largest absolute Gasteiger partial charge is 0.440 e. The van der Waals surface area contributed by atoms with E-state index in [9.17, 15) is 4.79 Å². The fourth-order valence-corrected chi connectivity index (χ4v) is 3.78. The van der Waals surface area contributed by atoms with Crippen molar-refractivity contribution in [1.29, 1.82) is 0 Å². The van der Waals surface area contributed by atoms with Gasteiger partial charge in [-0.05, 0) is 47.6 Å². The second-order valence-electron chi connectivity index (χ2n) is 8.82. The van der Waals surface area contributed by atoms with Crippen LogP contribution in [0.3, 0.4) is 0 Å². The molecule has 0 saturated carbocycles. The van der Waals surface area contributed by atoms with Gasteiger partial charge in [-0.25, -0.2) is 4.98 Å². The van der Waals surface area contributed by atoms with Gasteiger partial charge in [-0.15, -0.1) is 0 Å². The molecule has 0 bridgehead atoms. The number of carbonyl (C=O) groups is 1. The van der Waals surface area contributed by atoms with Gasteiger partial charge in [-0.1, -0.05) is 57.2 Å². The Morgan fingerprint density at radius 3 is 2.41 bits per heavy atom. The molecule has 1 amide bonds. The Morgan fingerprint density at radius 2 is 1.76 bits per heavy atom. The molecule has 0 N–H and O–H groups in total. The predicted octanol–water partition coefficient (Wildman–Crippen LogP) is 5.54. The molecule has 0 unspecified atom stereocenters. The third-order valence-corrected chi connectivity index (χ3v) is 5.66. The number of likely N-dealkylation sites (tertiary alicyclic amines) is 1. The second-order valence-corrected chi connectivity index (χ2v) is 8.82. The van der Waals surface area contributed by atoms with E-state index in [1.165, 1.54) is 5.56 Å². The molecule has 3 aromatic rings. The average Bonchev–Trinajstić information content (AvgIpc) is 3.16. The first-order chi connectivity index (χ1) is 13.9. The first kappa shape index (κ1) is 19.4. The SMILES string of the molecule is CC(C)(C)c1ccc(/C=C/C(=O)N2CCC(c3nc4ccccc4o3)CC2)cc1. The molecule has 1 aliphatic rings. The van der Waals surface area contributed by atoms with Gasteiger partial charge >= 0.3 is 0 Å². The number of amides is 1. The van der Waals surface area contributed by atoms with Crippen molar-refractivity contribution in [3.8, 4) is 0 Å². The molecule has 1 fully saturated rings. The molecule has 0 spiro atoms. The Morgan fingerprint density at radius 1 is 1.07 bits per heavy atom. The van der Waals surface area contributed by atoms with Gasteiger partial charge in [0.15, 0.2) is 11.5 Å². The molecule has 2 aromatic carbocycles. The monoisotopic (exact) mass is 388 g/mol. The Kier molecular flexibility index (Phi) is 5.27. The minimum absolute atomic E-state index is 0.0703. The van der Waals surface area contributed by atoms with Crippen molar-refractivity contribution in [2.45, 2.75) is 44.9 Å². The van der Waals surface area contributed by atoms with Gasteiger partial charge in [0.25, 0.3) is 0 Å². The van der Waals surface area contributed by atoms with E-state index < -0.39 is 0 Å². The molecule has 1 saturated heterocycles. The van der Waals surface area contributed by atoms with Crippen molar-refractivity contribution < 1.29 is 9.21 Å². The van der Waals surface area contributed by atoms with Crippen LogP contribution in [0, 0.1) is 0 Å². The number of para-hydroxylation sites is 2. The molecule has 2 heterocycles. The second kappa shape index (κ2) is 7.86. The number of carbonyl (C=O) groups excluding carboxylic acids is 1. The van der Waals surface area contributed by atoms with E-state index in [1.807, 2.05) is 35.2 Å². The van der Waals surface area contributed by atoms with E-state index in [-0.39, 0.29) is 17.2 Å². The van der Waals surface area contributed by atoms with Crippen molar-refractivity contribution >= 4 is 23.1 Å². The highest BCUT2D eigenvalue weighted by atomic mass is 16.3. The van der Waals surface area contributed by atoms with E-state index in [1.54, 1.807) is 6.08 Å². The predicted molar refractivity (Wildman–Crippen MR) is 117 cm³/mol. The van der Waals surface area contributed by atoms with Crippen LogP contribution < -0.4 is 0 Å². The molecule has 4 nitrogen and oxygen atoms in total. The molecular weight excluding hydrogens is 360 g/mol. The van der Waals surface area contributed by atoms with Gasteiger partial charge in [-0.3, -0.25) is 4.79 Å². The lowest BCUT2D eigenvalue weighted by atomic mass is 9.87. The highest BCUT2D eigenvalue weighted by Crippen LogP contribution is 2.30. The summed E-state index contributed by atoms with van der Waals surface area (Å²) >= 11 is 0. The van der Waals surface area contributed by atoms with Gasteiger partial charge in [0.2, 0.25) is 5.91 Å². The van der Waals surface area contributed by atoms with E-state index in [2.05, 4.69) is 50.0 Å². The molecule has 150 valence electrons. The third kappa shape index (κ3) is 4.42. The van der Waals surface area contributed by atoms with Crippen LogP contribution in [-0.2, 0) is 10.2 Å². The molecule has 4 rings (SSSR count). The summed E-state index contributed by atoms with van der Waals surface area (Å²) in [6, 6.07) is 16.3. The van der Waals surface area contributed by atoms with Crippen LogP contribution >= 0.6 is 0 Å². The van der Waals surface area contributed by atoms with Crippen LogP contribution in [0.2, 0.25) is 0 Å². The maximum atomic E-state index is 12.6. The number of fused-ring (bicyclic) bond motifs is 1. The zero-order valence-electron chi connectivity index (χ0n) is 17.4. The lowest BCUT2D eigenvalue weighted by Crippen LogP contribution is -2.36. The molecule has 1 aliphatic heterocycles. The van der Waals surface area contributed by atoms with Crippen molar-refractivity contribution in [3.05, 3.63) is 71.6 Å². The van der Waals surface area contributed by atoms with Gasteiger partial charge in [-0.2, -0.15) is 0 Å². The lowest BCUT2D eigenvalue weighted by Gasteiger charge is -2.29. The molecule has 29 heavy (non-hydrogen) atoms. The van der Waals surface area contributed by atoms with E-state index >= 15 is 0 Å². The number of benzene rings is 2. The van der Waals surface area contributed by atoms with Crippen molar-refractivity contribution in [2.24, 2.45) is 0 Å². The van der Waals surface area contributed by atoms with Crippen molar-refractivity contribution in [3.63, 3.8) is 0 Å². The number of rotatable bonds is 3. The lowest BCUT2D eigenvalue weighted by molar-refractivity contribution is -0.127. The summed E-state index contributed by atoms with van der Waals surface area (Å²) in [7, 11) is 0. The summed E-state index contributed by atoms with van der Waals surface area (Å²) in [5, 5.41) is 0. The third-order valence-electron chi connectivity index (χ3n) is 5.66. The smallest absolute Gasteiger partial charge is 0.246 e. The van der Waals surface area contributed by atoms with Crippen LogP contribution in [0.1, 0.15) is 56.5 Å². The number of nitrogens with zero attached hydrogens (tertiary/aromatic N) is 2. The van der Waals surface area contributed by atoms with Crippen LogP contribution in [0.4, 0.5) is 0 Å². The molecule has 0 atom stereocenters. The minimum atomic E-state index is 0.0703. The van der Waals surface area contributed by atoms with Gasteiger partial charge in [0, 0.05) is 25.1 Å². The van der Waals surface area contributed by atoms with Crippen molar-refractivity contribution in [1.82, 2.24) is 9.88 Å². The normalized spacial score (nSPS) is 16.0. The molecule has 0 radical (unpaired) electrons. The summed E-state index contributed by atoms with van der Waals surface area (Å²) < 4.78 is 5.91. The van der Waals surface area contributed by atoms with E-state index in [0.29, 0.717) is 0 Å². The Labute approximate surface area is 172 Å². The van der Waals surface area contributed by atoms with Gasteiger partial charge < -0.3 is 9.32 Å². The Bertz CT molecular complexity index is 984. The van der Waals surface area contributed by atoms with Gasteiger partial charge in [0.1, 0.15) is 5.52 Å². The van der Waals surface area contributed by atoms with Crippen LogP contribution in [-0.4, -0.2) is 28.9 Å². The van der Waals surface area contributed by atoms with Crippen LogP contribution in [0.15, 0.2) is 59.0 Å². The van der Waals surface area contributed by atoms with Crippen LogP contribution in [0.25, 0.3) is 17.2 Å². The number of oxazole rings is 1. The topological polar surface area (TPSA) is 46.3 Å². The maximum absolute atomic E-state index is 12.6. The average molecular weight is 389 g/mol. The number of piperidine rings is 1. The summed E-state index contributed by atoms with van der Waals surface area (Å²) in [4.78, 5) is 19.1. The number of hydrogen-bond donors (Lipinski definition) is 0. The van der Waals surface area contributed by atoms with Crippen molar-refractivity contribution in [2.75, 3.05) is 13.1 Å². The first-order valence-corrected chi connectivity index (χ1v) is 10.3. The number of hydrogen-bond acceptors (Lipinski definition) is 3. The molecule has 4 heteroatoms. The highest BCUT2D eigenvalue weighted by Gasteiger charge is 2.26. The minimum Gasteiger partial charge on any atom is -0.440 e. The zero-order chi connectivity index (χ0) is 20.4. The summed E-state index contributed by atoms with van der Waals surface area (Å²) in [5.41, 5.74) is 4.22. The molecule has 1 aromatic heterocycles. The fourth-order valence-electron chi connectivity index (χ4n) is 3.78. The zero-order valence-corrected chi connectivity index (χ0v) is 17.4. The number of aromatic nitrogens is 1.